The number of carbonyl (C=O) groups is 3. The van der Waals surface area contributed by atoms with Crippen molar-refractivity contribution in [1.82, 2.24) is 15.3 Å². The zero-order valence-corrected chi connectivity index (χ0v) is 17.2. The molecule has 2 aromatic rings. The van der Waals surface area contributed by atoms with E-state index >= 15 is 0 Å². The van der Waals surface area contributed by atoms with Crippen molar-refractivity contribution in [3.63, 3.8) is 0 Å². The molecule has 5 N–H and O–H groups in total. The van der Waals surface area contributed by atoms with Gasteiger partial charge in [0.1, 0.15) is 11.5 Å². The van der Waals surface area contributed by atoms with Gasteiger partial charge >= 0.3 is 0 Å². The van der Waals surface area contributed by atoms with Crippen molar-refractivity contribution in [3.05, 3.63) is 46.8 Å². The van der Waals surface area contributed by atoms with Crippen LogP contribution in [0.5, 0.6) is 0 Å². The standard InChI is InChI=1S/C13H13ClF3NO.C6H8N4O2/c14-10-6-9(15)3-4-11(10)18-12(19)8-2-1-5-13(16,17)7-8;1-8-6(12)4-3(5(7)11)9-2-10-4/h3-4,6,8H,1-2,5,7H2,(H,18,19);2H,1H3,(H2,7,11)(H,8,12)(H,9,10). The molecule has 1 unspecified atom stereocenters. The average molecular weight is 460 g/mol. The van der Waals surface area contributed by atoms with Gasteiger partial charge in [-0.3, -0.25) is 14.4 Å². The van der Waals surface area contributed by atoms with Crippen LogP contribution in [0.1, 0.15) is 46.7 Å². The second-order valence-corrected chi connectivity index (χ2v) is 7.24. The van der Waals surface area contributed by atoms with Crippen molar-refractivity contribution in [2.75, 3.05) is 12.4 Å². The van der Waals surface area contributed by atoms with E-state index in [1.54, 1.807) is 0 Å². The lowest BCUT2D eigenvalue weighted by Crippen LogP contribution is -2.33. The smallest absolute Gasteiger partial charge is 0.269 e. The van der Waals surface area contributed by atoms with Crippen LogP contribution in [-0.4, -0.2) is 40.7 Å². The molecule has 1 aromatic heterocycles. The van der Waals surface area contributed by atoms with Gasteiger partial charge in [0.15, 0.2) is 5.69 Å². The summed E-state index contributed by atoms with van der Waals surface area (Å²) in [5.41, 5.74) is 5.23. The lowest BCUT2D eigenvalue weighted by Gasteiger charge is -2.28. The molecule has 1 saturated carbocycles. The number of halogens is 4. The van der Waals surface area contributed by atoms with Gasteiger partial charge in [-0.15, -0.1) is 0 Å². The van der Waals surface area contributed by atoms with Gasteiger partial charge in [-0.2, -0.15) is 0 Å². The first kappa shape index (κ1) is 24.2. The van der Waals surface area contributed by atoms with Gasteiger partial charge in [-0.25, -0.2) is 18.2 Å². The predicted octanol–water partition coefficient (Wildman–Crippen LogP) is 3.11. The van der Waals surface area contributed by atoms with E-state index in [9.17, 15) is 27.6 Å². The average Bonchev–Trinajstić information content (AvgIpc) is 3.19. The minimum Gasteiger partial charge on any atom is -0.364 e. The summed E-state index contributed by atoms with van der Waals surface area (Å²) in [5.74, 6) is -5.67. The molecule has 12 heteroatoms. The Morgan fingerprint density at radius 2 is 2.03 bits per heavy atom. The number of aromatic amines is 1. The normalized spacial score (nSPS) is 17.1. The fraction of sp³-hybridized carbons (Fsp3) is 0.368. The molecule has 0 radical (unpaired) electrons. The molecule has 1 aromatic carbocycles. The van der Waals surface area contributed by atoms with Gasteiger partial charge in [0.2, 0.25) is 11.8 Å². The first-order chi connectivity index (χ1) is 14.5. The highest BCUT2D eigenvalue weighted by Gasteiger charge is 2.39. The van der Waals surface area contributed by atoms with Crippen molar-refractivity contribution >= 4 is 35.0 Å². The Kier molecular flexibility index (Phi) is 8.03. The van der Waals surface area contributed by atoms with Gasteiger partial charge in [-0.1, -0.05) is 11.6 Å². The monoisotopic (exact) mass is 459 g/mol. The minimum absolute atomic E-state index is 0.0469. The number of alkyl halides is 2. The molecule has 168 valence electrons. The summed E-state index contributed by atoms with van der Waals surface area (Å²) in [6.45, 7) is 0. The van der Waals surface area contributed by atoms with Crippen molar-refractivity contribution in [2.24, 2.45) is 11.7 Å². The Hall–Kier alpha value is -3.08. The number of imidazole rings is 1. The molecule has 3 rings (SSSR count). The molecule has 8 nitrogen and oxygen atoms in total. The van der Waals surface area contributed by atoms with Crippen molar-refractivity contribution in [2.45, 2.75) is 31.6 Å². The van der Waals surface area contributed by atoms with E-state index in [1.807, 2.05) is 0 Å². The maximum absolute atomic E-state index is 13.2. The van der Waals surface area contributed by atoms with Crippen LogP contribution in [0.3, 0.4) is 0 Å². The Bertz CT molecular complexity index is 967. The molecular weight excluding hydrogens is 439 g/mol. The highest BCUT2D eigenvalue weighted by molar-refractivity contribution is 6.33. The van der Waals surface area contributed by atoms with Gasteiger partial charge in [0.25, 0.3) is 11.8 Å². The summed E-state index contributed by atoms with van der Waals surface area (Å²) in [6.07, 6.45) is 1.37. The number of amides is 3. The number of H-pyrrole nitrogens is 1. The number of primary amides is 1. The summed E-state index contributed by atoms with van der Waals surface area (Å²) in [5, 5.41) is 4.87. The van der Waals surface area contributed by atoms with Crippen LogP contribution in [0, 0.1) is 11.7 Å². The van der Waals surface area contributed by atoms with Crippen LogP contribution in [0.2, 0.25) is 5.02 Å². The molecule has 0 saturated heterocycles. The Labute approximate surface area is 180 Å². The highest BCUT2D eigenvalue weighted by Crippen LogP contribution is 2.37. The Morgan fingerprint density at radius 1 is 1.32 bits per heavy atom. The van der Waals surface area contributed by atoms with Crippen LogP contribution in [0.4, 0.5) is 18.9 Å². The van der Waals surface area contributed by atoms with E-state index < -0.39 is 41.8 Å². The van der Waals surface area contributed by atoms with E-state index in [1.165, 1.54) is 19.4 Å². The Balaban J connectivity index is 0.000000245. The highest BCUT2D eigenvalue weighted by atomic mass is 35.5. The number of nitrogens with one attached hydrogen (secondary N) is 3. The van der Waals surface area contributed by atoms with Crippen LogP contribution in [0.25, 0.3) is 0 Å². The summed E-state index contributed by atoms with van der Waals surface area (Å²) in [6, 6.07) is 3.53. The summed E-state index contributed by atoms with van der Waals surface area (Å²) in [4.78, 5) is 39.7. The number of nitrogens with zero attached hydrogens (tertiary/aromatic N) is 1. The molecule has 31 heavy (non-hydrogen) atoms. The number of rotatable bonds is 4. The van der Waals surface area contributed by atoms with Gasteiger partial charge in [0, 0.05) is 25.8 Å². The number of hydrogen-bond acceptors (Lipinski definition) is 4. The van der Waals surface area contributed by atoms with E-state index in [2.05, 4.69) is 20.6 Å². The second-order valence-electron chi connectivity index (χ2n) is 6.83. The lowest BCUT2D eigenvalue weighted by atomic mass is 9.86. The van der Waals surface area contributed by atoms with Gasteiger partial charge < -0.3 is 21.4 Å². The molecule has 0 aliphatic heterocycles. The number of anilines is 1. The molecule has 1 heterocycles. The number of aromatic nitrogens is 2. The van der Waals surface area contributed by atoms with Crippen LogP contribution in [0.15, 0.2) is 24.5 Å². The quantitative estimate of drug-likeness (QED) is 0.559. The summed E-state index contributed by atoms with van der Waals surface area (Å²) < 4.78 is 39.3. The molecule has 0 spiro atoms. The minimum atomic E-state index is -2.78. The molecule has 1 aliphatic rings. The zero-order valence-electron chi connectivity index (χ0n) is 16.5. The van der Waals surface area contributed by atoms with Gasteiger partial charge in [0.05, 0.1) is 17.0 Å². The van der Waals surface area contributed by atoms with E-state index in [0.29, 0.717) is 12.8 Å². The second kappa shape index (κ2) is 10.3. The van der Waals surface area contributed by atoms with Gasteiger partial charge in [-0.05, 0) is 31.0 Å². The largest absolute Gasteiger partial charge is 0.364 e. The van der Waals surface area contributed by atoms with E-state index in [-0.39, 0.29) is 28.5 Å². The Morgan fingerprint density at radius 3 is 2.61 bits per heavy atom. The molecular formula is C19H21ClF3N5O3. The number of hydrogen-bond donors (Lipinski definition) is 4. The van der Waals surface area contributed by atoms with Crippen molar-refractivity contribution in [1.29, 1.82) is 0 Å². The van der Waals surface area contributed by atoms with Crippen molar-refractivity contribution in [3.8, 4) is 0 Å². The molecule has 3 amide bonds. The van der Waals surface area contributed by atoms with Crippen molar-refractivity contribution < 1.29 is 27.6 Å². The SMILES string of the molecule is CNC(=O)c1[nH]cnc1C(N)=O.O=C(Nc1ccc(F)cc1Cl)C1CCCC(F)(F)C1. The van der Waals surface area contributed by atoms with Crippen LogP contribution < -0.4 is 16.4 Å². The first-order valence-corrected chi connectivity index (χ1v) is 9.61. The zero-order chi connectivity index (χ0) is 23.2. The third-order valence-corrected chi connectivity index (χ3v) is 4.84. The number of benzene rings is 1. The van der Waals surface area contributed by atoms with Crippen LogP contribution in [-0.2, 0) is 4.79 Å². The summed E-state index contributed by atoms with van der Waals surface area (Å²) >= 11 is 5.77. The predicted molar refractivity (Wildman–Crippen MR) is 107 cm³/mol. The molecule has 0 bridgehead atoms. The lowest BCUT2D eigenvalue weighted by molar-refractivity contribution is -0.127. The number of carbonyl (C=O) groups excluding carboxylic acids is 3. The molecule has 1 aliphatic carbocycles. The fourth-order valence-electron chi connectivity index (χ4n) is 3.00. The molecule has 1 fully saturated rings. The first-order valence-electron chi connectivity index (χ1n) is 9.23. The maximum atomic E-state index is 13.2. The van der Waals surface area contributed by atoms with Crippen LogP contribution >= 0.6 is 11.6 Å². The molecule has 1 atom stereocenters. The van der Waals surface area contributed by atoms with E-state index in [4.69, 9.17) is 17.3 Å². The van der Waals surface area contributed by atoms with E-state index in [0.717, 1.165) is 12.1 Å². The summed E-state index contributed by atoms with van der Waals surface area (Å²) in [7, 11) is 1.45. The third kappa shape index (κ3) is 6.71. The fourth-order valence-corrected chi connectivity index (χ4v) is 3.21. The third-order valence-electron chi connectivity index (χ3n) is 4.53. The topological polar surface area (TPSA) is 130 Å². The maximum Gasteiger partial charge on any atom is 0.269 e. The number of nitrogens with two attached hydrogens (primary N) is 1.